The summed E-state index contributed by atoms with van der Waals surface area (Å²) in [6, 6.07) is 18.0. The molecule has 3 N–H and O–H groups in total. The van der Waals surface area contributed by atoms with Crippen molar-refractivity contribution in [2.75, 3.05) is 20.1 Å². The Bertz CT molecular complexity index is 758. The number of halogens is 1. The van der Waals surface area contributed by atoms with E-state index in [1.807, 2.05) is 30.3 Å². The predicted octanol–water partition coefficient (Wildman–Crippen LogP) is 3.70. The van der Waals surface area contributed by atoms with Gasteiger partial charge in [-0.25, -0.2) is 4.99 Å². The number of guanidine groups is 1. The van der Waals surface area contributed by atoms with Crippen LogP contribution in [0.5, 0.6) is 0 Å². The van der Waals surface area contributed by atoms with E-state index in [2.05, 4.69) is 66.0 Å². The van der Waals surface area contributed by atoms with Gasteiger partial charge in [0.1, 0.15) is 0 Å². The number of hydrogen-bond donors (Lipinski definition) is 3. The van der Waals surface area contributed by atoms with Gasteiger partial charge >= 0.3 is 0 Å². The third-order valence-corrected chi connectivity index (χ3v) is 4.46. The first-order chi connectivity index (χ1) is 13.0. The third-order valence-electron chi connectivity index (χ3n) is 4.46. The van der Waals surface area contributed by atoms with E-state index in [1.165, 1.54) is 5.56 Å². The van der Waals surface area contributed by atoms with Crippen molar-refractivity contribution < 1.29 is 4.79 Å². The highest BCUT2D eigenvalue weighted by molar-refractivity contribution is 14.0. The number of aliphatic imine (C=N–C) groups is 1. The van der Waals surface area contributed by atoms with Crippen LogP contribution < -0.4 is 16.0 Å². The number of benzene rings is 2. The summed E-state index contributed by atoms with van der Waals surface area (Å²) in [4.78, 5) is 16.3. The van der Waals surface area contributed by atoms with Crippen LogP contribution >= 0.6 is 24.0 Å². The van der Waals surface area contributed by atoms with Crippen LogP contribution in [-0.2, 0) is 12.0 Å². The molecule has 5 nitrogen and oxygen atoms in total. The second-order valence-corrected chi connectivity index (χ2v) is 7.07. The molecule has 0 fully saturated rings. The minimum absolute atomic E-state index is 0. The van der Waals surface area contributed by atoms with Gasteiger partial charge in [0.2, 0.25) is 0 Å². The fourth-order valence-corrected chi connectivity index (χ4v) is 2.71. The van der Waals surface area contributed by atoms with Crippen molar-refractivity contribution in [3.63, 3.8) is 0 Å². The molecule has 6 heteroatoms. The Labute approximate surface area is 185 Å². The Balaban J connectivity index is 0.00000392. The van der Waals surface area contributed by atoms with E-state index in [0.717, 1.165) is 24.6 Å². The monoisotopic (exact) mass is 494 g/mol. The predicted molar refractivity (Wildman–Crippen MR) is 128 cm³/mol. The first kappa shape index (κ1) is 23.9. The van der Waals surface area contributed by atoms with Crippen LogP contribution in [0.1, 0.15) is 42.3 Å². The maximum atomic E-state index is 11.6. The maximum absolute atomic E-state index is 11.6. The van der Waals surface area contributed by atoms with E-state index in [9.17, 15) is 4.79 Å². The second kappa shape index (κ2) is 11.7. The number of carbonyl (C=O) groups is 1. The van der Waals surface area contributed by atoms with Crippen molar-refractivity contribution >= 4 is 35.8 Å². The Morgan fingerprint density at radius 3 is 2.21 bits per heavy atom. The first-order valence-electron chi connectivity index (χ1n) is 9.35. The van der Waals surface area contributed by atoms with Crippen LogP contribution in [0, 0.1) is 0 Å². The topological polar surface area (TPSA) is 65.5 Å². The Morgan fingerprint density at radius 2 is 1.64 bits per heavy atom. The van der Waals surface area contributed by atoms with E-state index in [1.54, 1.807) is 7.05 Å². The summed E-state index contributed by atoms with van der Waals surface area (Å²) in [7, 11) is 1.63. The fourth-order valence-electron chi connectivity index (χ4n) is 2.71. The van der Waals surface area contributed by atoms with Gasteiger partial charge in [-0.05, 0) is 30.2 Å². The molecule has 0 bridgehead atoms. The fraction of sp³-hybridized carbons (Fsp3) is 0.364. The molecule has 0 saturated heterocycles. The van der Waals surface area contributed by atoms with Crippen LogP contribution in [-0.4, -0.2) is 32.0 Å². The van der Waals surface area contributed by atoms with Gasteiger partial charge in [0.05, 0.1) is 6.54 Å². The number of carbonyl (C=O) groups excluding carboxylic acids is 1. The minimum Gasteiger partial charge on any atom is -0.357 e. The summed E-state index contributed by atoms with van der Waals surface area (Å²) in [5, 5.41) is 9.36. The van der Waals surface area contributed by atoms with Crippen LogP contribution in [0.15, 0.2) is 59.6 Å². The molecular weight excluding hydrogens is 463 g/mol. The van der Waals surface area contributed by atoms with Crippen LogP contribution in [0.4, 0.5) is 0 Å². The lowest BCUT2D eigenvalue weighted by Crippen LogP contribution is -2.43. The van der Waals surface area contributed by atoms with Gasteiger partial charge in [0, 0.05) is 31.1 Å². The number of rotatable bonds is 7. The number of nitrogens with zero attached hydrogens (tertiary/aromatic N) is 1. The SMILES string of the molecule is CCNC(=NCc1ccc(C(=O)NC)cc1)NCC(C)(C)c1ccccc1.I. The van der Waals surface area contributed by atoms with E-state index in [4.69, 9.17) is 0 Å². The number of amides is 1. The molecule has 2 rings (SSSR count). The smallest absolute Gasteiger partial charge is 0.251 e. The Kier molecular flexibility index (Phi) is 9.99. The van der Waals surface area contributed by atoms with Gasteiger partial charge in [-0.1, -0.05) is 56.3 Å². The van der Waals surface area contributed by atoms with Gasteiger partial charge in [0.15, 0.2) is 5.96 Å². The van der Waals surface area contributed by atoms with Gasteiger partial charge in [-0.2, -0.15) is 0 Å². The maximum Gasteiger partial charge on any atom is 0.251 e. The molecule has 0 aliphatic heterocycles. The molecule has 0 aromatic heterocycles. The highest BCUT2D eigenvalue weighted by atomic mass is 127. The van der Waals surface area contributed by atoms with Gasteiger partial charge in [0.25, 0.3) is 5.91 Å². The molecule has 0 heterocycles. The molecule has 152 valence electrons. The number of nitrogens with one attached hydrogen (secondary N) is 3. The second-order valence-electron chi connectivity index (χ2n) is 7.07. The lowest BCUT2D eigenvalue weighted by molar-refractivity contribution is 0.0963. The van der Waals surface area contributed by atoms with Crippen LogP contribution in [0.2, 0.25) is 0 Å². The average Bonchev–Trinajstić information content (AvgIpc) is 2.70. The van der Waals surface area contributed by atoms with E-state index >= 15 is 0 Å². The zero-order chi connectivity index (χ0) is 19.7. The molecular formula is C22H31IN4O. The summed E-state index contributed by atoms with van der Waals surface area (Å²) < 4.78 is 0. The highest BCUT2D eigenvalue weighted by Gasteiger charge is 2.20. The van der Waals surface area contributed by atoms with Gasteiger partial charge < -0.3 is 16.0 Å². The summed E-state index contributed by atoms with van der Waals surface area (Å²) in [5.74, 6) is 0.708. The quantitative estimate of drug-likeness (QED) is 0.313. The van der Waals surface area contributed by atoms with Crippen molar-refractivity contribution in [1.29, 1.82) is 0 Å². The van der Waals surface area contributed by atoms with Crippen molar-refractivity contribution in [3.8, 4) is 0 Å². The number of hydrogen-bond acceptors (Lipinski definition) is 2. The van der Waals surface area contributed by atoms with E-state index in [-0.39, 0.29) is 35.3 Å². The zero-order valence-corrected chi connectivity index (χ0v) is 19.4. The summed E-state index contributed by atoms with van der Waals surface area (Å²) >= 11 is 0. The molecule has 0 aliphatic rings. The molecule has 0 radical (unpaired) electrons. The molecule has 0 aliphatic carbocycles. The molecule has 0 atom stereocenters. The molecule has 0 spiro atoms. The highest BCUT2D eigenvalue weighted by Crippen LogP contribution is 2.21. The molecule has 2 aromatic rings. The van der Waals surface area contributed by atoms with Crippen molar-refractivity contribution in [2.45, 2.75) is 32.7 Å². The Morgan fingerprint density at radius 1 is 1.00 bits per heavy atom. The van der Waals surface area contributed by atoms with Crippen molar-refractivity contribution in [2.24, 2.45) is 4.99 Å². The van der Waals surface area contributed by atoms with E-state index < -0.39 is 0 Å². The van der Waals surface area contributed by atoms with Crippen LogP contribution in [0.25, 0.3) is 0 Å². The van der Waals surface area contributed by atoms with Gasteiger partial charge in [-0.3, -0.25) is 4.79 Å². The normalized spacial score (nSPS) is 11.4. The minimum atomic E-state index is -0.0804. The van der Waals surface area contributed by atoms with E-state index in [0.29, 0.717) is 12.1 Å². The lowest BCUT2D eigenvalue weighted by Gasteiger charge is -2.26. The van der Waals surface area contributed by atoms with Gasteiger partial charge in [-0.15, -0.1) is 24.0 Å². The summed E-state index contributed by atoms with van der Waals surface area (Å²) in [6.07, 6.45) is 0. The largest absolute Gasteiger partial charge is 0.357 e. The zero-order valence-electron chi connectivity index (χ0n) is 17.1. The molecule has 0 saturated carbocycles. The standard InChI is InChI=1S/C22H30N4O.HI/c1-5-24-21(26-16-22(2,3)19-9-7-6-8-10-19)25-15-17-11-13-18(14-12-17)20(27)23-4;/h6-14H,5,15-16H2,1-4H3,(H,23,27)(H2,24,25,26);1H. The van der Waals surface area contributed by atoms with Crippen molar-refractivity contribution in [3.05, 3.63) is 71.3 Å². The average molecular weight is 494 g/mol. The summed E-state index contributed by atoms with van der Waals surface area (Å²) in [6.45, 7) is 8.62. The molecule has 1 amide bonds. The lowest BCUT2D eigenvalue weighted by atomic mass is 9.85. The van der Waals surface area contributed by atoms with Crippen molar-refractivity contribution in [1.82, 2.24) is 16.0 Å². The van der Waals surface area contributed by atoms with Crippen LogP contribution in [0.3, 0.4) is 0 Å². The molecule has 28 heavy (non-hydrogen) atoms. The first-order valence-corrected chi connectivity index (χ1v) is 9.35. The Hall–Kier alpha value is -2.09. The molecule has 0 unspecified atom stereocenters. The summed E-state index contributed by atoms with van der Waals surface area (Å²) in [5.41, 5.74) is 2.99. The third kappa shape index (κ3) is 7.14. The molecule has 2 aromatic carbocycles.